The molecule has 2 bridgehead atoms. The summed E-state index contributed by atoms with van der Waals surface area (Å²) in [7, 11) is 2.09. The molecule has 2 aliphatic rings. The van der Waals surface area contributed by atoms with Crippen LogP contribution in [0.2, 0.25) is 0 Å². The van der Waals surface area contributed by atoms with E-state index in [-0.39, 0.29) is 17.4 Å². The third kappa shape index (κ3) is 3.65. The molecule has 0 saturated carbocycles. The summed E-state index contributed by atoms with van der Waals surface area (Å²) in [6.45, 7) is 0.713. The number of para-hydroxylation sites is 1. The largest absolute Gasteiger partial charge is 0.324 e. The molecule has 4 nitrogen and oxygen atoms in total. The monoisotopic (exact) mass is 305 g/mol. The van der Waals surface area contributed by atoms with Gasteiger partial charge in [0.1, 0.15) is 5.82 Å². The van der Waals surface area contributed by atoms with E-state index in [1.54, 1.807) is 18.2 Å². The lowest BCUT2D eigenvalue weighted by molar-refractivity contribution is -0.116. The first kappa shape index (κ1) is 15.4. The second-order valence-corrected chi connectivity index (χ2v) is 6.52. The SMILES string of the molecule is CN(CCC(=O)Nc1ccccc1F)C1CC2CCC(C1)N2. The molecule has 120 valence electrons. The van der Waals surface area contributed by atoms with E-state index in [1.165, 1.54) is 31.7 Å². The Bertz CT molecular complexity index is 524. The highest BCUT2D eigenvalue weighted by Gasteiger charge is 2.34. The van der Waals surface area contributed by atoms with Gasteiger partial charge in [0.15, 0.2) is 0 Å². The van der Waals surface area contributed by atoms with Gasteiger partial charge in [-0.3, -0.25) is 4.79 Å². The number of halogens is 1. The van der Waals surface area contributed by atoms with Gasteiger partial charge in [-0.2, -0.15) is 0 Å². The van der Waals surface area contributed by atoms with E-state index < -0.39 is 0 Å². The van der Waals surface area contributed by atoms with Crippen LogP contribution in [0.4, 0.5) is 10.1 Å². The van der Waals surface area contributed by atoms with Gasteiger partial charge in [0, 0.05) is 31.1 Å². The molecule has 1 aromatic carbocycles. The molecule has 3 rings (SSSR count). The van der Waals surface area contributed by atoms with Gasteiger partial charge in [-0.05, 0) is 44.9 Å². The van der Waals surface area contributed by atoms with E-state index in [1.807, 2.05) is 0 Å². The lowest BCUT2D eigenvalue weighted by atomic mass is 9.98. The Kier molecular flexibility index (Phi) is 4.74. The number of carbonyl (C=O) groups excluding carboxylic acids is 1. The van der Waals surface area contributed by atoms with Crippen molar-refractivity contribution in [2.45, 2.75) is 50.2 Å². The van der Waals surface area contributed by atoms with Crippen LogP contribution in [-0.4, -0.2) is 42.5 Å². The van der Waals surface area contributed by atoms with Crippen LogP contribution in [0.25, 0.3) is 0 Å². The normalized spacial score (nSPS) is 27.1. The van der Waals surface area contributed by atoms with E-state index in [0.717, 1.165) is 0 Å². The standard InChI is InChI=1S/C17H24FN3O/c1-21(14-10-12-6-7-13(11-14)19-12)9-8-17(22)20-16-5-3-2-4-15(16)18/h2-5,12-14,19H,6-11H2,1H3,(H,20,22). The molecule has 2 saturated heterocycles. The Hall–Kier alpha value is -1.46. The van der Waals surface area contributed by atoms with Gasteiger partial charge in [0.25, 0.3) is 0 Å². The van der Waals surface area contributed by atoms with Crippen LogP contribution in [0, 0.1) is 5.82 Å². The van der Waals surface area contributed by atoms with E-state index in [2.05, 4.69) is 22.6 Å². The van der Waals surface area contributed by atoms with Gasteiger partial charge in [0.05, 0.1) is 5.69 Å². The maximum atomic E-state index is 13.5. The van der Waals surface area contributed by atoms with E-state index in [4.69, 9.17) is 0 Å². The van der Waals surface area contributed by atoms with Crippen molar-refractivity contribution in [1.29, 1.82) is 0 Å². The Morgan fingerprint density at radius 3 is 2.68 bits per heavy atom. The maximum Gasteiger partial charge on any atom is 0.225 e. The summed E-state index contributed by atoms with van der Waals surface area (Å²) in [4.78, 5) is 14.3. The Morgan fingerprint density at radius 1 is 1.32 bits per heavy atom. The Balaban J connectivity index is 1.45. The molecule has 0 spiro atoms. The first-order valence-corrected chi connectivity index (χ1v) is 8.12. The van der Waals surface area contributed by atoms with Gasteiger partial charge in [-0.1, -0.05) is 12.1 Å². The number of nitrogens with one attached hydrogen (secondary N) is 2. The zero-order valence-electron chi connectivity index (χ0n) is 13.0. The molecule has 5 heteroatoms. The van der Waals surface area contributed by atoms with E-state index >= 15 is 0 Å². The minimum atomic E-state index is -0.390. The average Bonchev–Trinajstić information content (AvgIpc) is 2.85. The molecule has 2 fully saturated rings. The molecule has 0 radical (unpaired) electrons. The summed E-state index contributed by atoms with van der Waals surface area (Å²) in [5, 5.41) is 6.28. The van der Waals surface area contributed by atoms with Crippen LogP contribution < -0.4 is 10.6 Å². The highest BCUT2D eigenvalue weighted by Crippen LogP contribution is 2.29. The van der Waals surface area contributed by atoms with Gasteiger partial charge in [-0.25, -0.2) is 4.39 Å². The number of nitrogens with zero attached hydrogens (tertiary/aromatic N) is 1. The highest BCUT2D eigenvalue weighted by atomic mass is 19.1. The fraction of sp³-hybridized carbons (Fsp3) is 0.588. The number of hydrogen-bond donors (Lipinski definition) is 2. The Morgan fingerprint density at radius 2 is 2.00 bits per heavy atom. The third-order valence-corrected chi connectivity index (χ3v) is 4.91. The van der Waals surface area contributed by atoms with Crippen molar-refractivity contribution >= 4 is 11.6 Å². The molecule has 2 heterocycles. The number of amides is 1. The quantitative estimate of drug-likeness (QED) is 0.878. The van der Waals surface area contributed by atoms with Gasteiger partial charge in [-0.15, -0.1) is 0 Å². The molecule has 2 unspecified atom stereocenters. The Labute approximate surface area is 131 Å². The topological polar surface area (TPSA) is 44.4 Å². The highest BCUT2D eigenvalue weighted by molar-refractivity contribution is 5.90. The van der Waals surface area contributed by atoms with Crippen molar-refractivity contribution in [1.82, 2.24) is 10.2 Å². The van der Waals surface area contributed by atoms with Gasteiger partial charge >= 0.3 is 0 Å². The molecular formula is C17H24FN3O. The number of anilines is 1. The molecular weight excluding hydrogens is 281 g/mol. The van der Waals surface area contributed by atoms with E-state index in [9.17, 15) is 9.18 Å². The first-order valence-electron chi connectivity index (χ1n) is 8.12. The number of fused-ring (bicyclic) bond motifs is 2. The minimum Gasteiger partial charge on any atom is -0.324 e. The maximum absolute atomic E-state index is 13.5. The smallest absolute Gasteiger partial charge is 0.225 e. The van der Waals surface area contributed by atoms with Crippen LogP contribution in [0.1, 0.15) is 32.1 Å². The number of carbonyl (C=O) groups is 1. The molecule has 0 aromatic heterocycles. The number of benzene rings is 1. The summed E-state index contributed by atoms with van der Waals surface area (Å²) in [5.41, 5.74) is 0.259. The zero-order valence-corrected chi connectivity index (χ0v) is 13.0. The van der Waals surface area contributed by atoms with Crippen LogP contribution in [-0.2, 0) is 4.79 Å². The van der Waals surface area contributed by atoms with Crippen molar-refractivity contribution < 1.29 is 9.18 Å². The second-order valence-electron chi connectivity index (χ2n) is 6.52. The fourth-order valence-corrected chi connectivity index (χ4v) is 3.62. The summed E-state index contributed by atoms with van der Waals surface area (Å²) in [6.07, 6.45) is 5.29. The molecule has 2 atom stereocenters. The van der Waals surface area contributed by atoms with Crippen LogP contribution in [0.5, 0.6) is 0 Å². The predicted octanol–water partition coefficient (Wildman–Crippen LogP) is 2.37. The minimum absolute atomic E-state index is 0.131. The second kappa shape index (κ2) is 6.75. The first-order chi connectivity index (χ1) is 10.6. The molecule has 2 aliphatic heterocycles. The lowest BCUT2D eigenvalue weighted by Gasteiger charge is -2.35. The summed E-state index contributed by atoms with van der Waals surface area (Å²) in [5.74, 6) is -0.520. The van der Waals surface area contributed by atoms with Crippen molar-refractivity contribution in [3.63, 3.8) is 0 Å². The number of hydrogen-bond acceptors (Lipinski definition) is 3. The predicted molar refractivity (Wildman–Crippen MR) is 85.2 cm³/mol. The van der Waals surface area contributed by atoms with Gasteiger partial charge in [0.2, 0.25) is 5.91 Å². The van der Waals surface area contributed by atoms with Crippen LogP contribution >= 0.6 is 0 Å². The van der Waals surface area contributed by atoms with E-state index in [0.29, 0.717) is 31.1 Å². The third-order valence-electron chi connectivity index (χ3n) is 4.91. The number of rotatable bonds is 5. The van der Waals surface area contributed by atoms with Crippen molar-refractivity contribution in [3.05, 3.63) is 30.1 Å². The molecule has 22 heavy (non-hydrogen) atoms. The molecule has 1 aromatic rings. The van der Waals surface area contributed by atoms with Crippen molar-refractivity contribution in [3.8, 4) is 0 Å². The molecule has 2 N–H and O–H groups in total. The lowest BCUT2D eigenvalue weighted by Crippen LogP contribution is -2.47. The molecule has 1 amide bonds. The molecule has 0 aliphatic carbocycles. The van der Waals surface area contributed by atoms with Crippen molar-refractivity contribution in [2.24, 2.45) is 0 Å². The average molecular weight is 305 g/mol. The fourth-order valence-electron chi connectivity index (χ4n) is 3.62. The van der Waals surface area contributed by atoms with Gasteiger partial charge < -0.3 is 15.5 Å². The van der Waals surface area contributed by atoms with Crippen LogP contribution in [0.15, 0.2) is 24.3 Å². The summed E-state index contributed by atoms with van der Waals surface area (Å²) in [6, 6.07) is 8.13. The van der Waals surface area contributed by atoms with Crippen LogP contribution in [0.3, 0.4) is 0 Å². The zero-order chi connectivity index (χ0) is 15.5. The van der Waals surface area contributed by atoms with Crippen molar-refractivity contribution in [2.75, 3.05) is 18.9 Å². The number of piperidine rings is 1. The summed E-state index contributed by atoms with van der Waals surface area (Å²) >= 11 is 0. The summed E-state index contributed by atoms with van der Waals surface area (Å²) < 4.78 is 13.5.